The predicted octanol–water partition coefficient (Wildman–Crippen LogP) is 4.10. The first-order valence-corrected chi connectivity index (χ1v) is 8.86. The zero-order chi connectivity index (χ0) is 18.4. The quantitative estimate of drug-likeness (QED) is 0.389. The molecule has 0 aliphatic rings. The molecule has 1 aromatic carbocycles. The lowest BCUT2D eigenvalue weighted by Gasteiger charge is -2.12. The molecule has 0 radical (unpaired) electrons. The van der Waals surface area contributed by atoms with Gasteiger partial charge in [-0.1, -0.05) is 18.2 Å². The molecule has 2 aromatic heterocycles. The van der Waals surface area contributed by atoms with Gasteiger partial charge in [0.05, 0.1) is 12.1 Å². The van der Waals surface area contributed by atoms with E-state index >= 15 is 0 Å². The molecule has 0 amide bonds. The molecule has 0 spiro atoms. The number of nitrogens with zero attached hydrogens (tertiary/aromatic N) is 2. The lowest BCUT2D eigenvalue weighted by atomic mass is 10.2. The molecule has 0 aliphatic heterocycles. The summed E-state index contributed by atoms with van der Waals surface area (Å²) in [5.41, 5.74) is 4.11. The van der Waals surface area contributed by atoms with Gasteiger partial charge in [0.15, 0.2) is 5.84 Å². The van der Waals surface area contributed by atoms with E-state index in [1.54, 1.807) is 29.5 Å². The summed E-state index contributed by atoms with van der Waals surface area (Å²) in [6.07, 6.45) is 0. The number of halogens is 1. The highest BCUT2D eigenvalue weighted by Crippen LogP contribution is 2.19. The van der Waals surface area contributed by atoms with Gasteiger partial charge in [0, 0.05) is 10.6 Å². The van der Waals surface area contributed by atoms with Crippen LogP contribution in [0.3, 0.4) is 0 Å². The van der Waals surface area contributed by atoms with Crippen molar-refractivity contribution in [3.8, 4) is 5.88 Å². The van der Waals surface area contributed by atoms with Crippen LogP contribution in [-0.2, 0) is 13.2 Å². The summed E-state index contributed by atoms with van der Waals surface area (Å²) in [5.74, 6) is 0.264. The number of nitrogens with one attached hydrogen (secondary N) is 1. The molecule has 26 heavy (non-hydrogen) atoms. The van der Waals surface area contributed by atoms with E-state index in [4.69, 9.17) is 4.74 Å². The molecule has 5 nitrogen and oxygen atoms in total. The number of rotatable bonds is 6. The van der Waals surface area contributed by atoms with E-state index in [2.05, 4.69) is 15.5 Å². The Labute approximate surface area is 154 Å². The third-order valence-corrected chi connectivity index (χ3v) is 4.46. The first-order valence-electron chi connectivity index (χ1n) is 7.98. The molecule has 0 aliphatic carbocycles. The van der Waals surface area contributed by atoms with E-state index in [-0.39, 0.29) is 18.3 Å². The number of benzene rings is 1. The highest BCUT2D eigenvalue weighted by molar-refractivity contribution is 7.09. The topological polar surface area (TPSA) is 66.7 Å². The van der Waals surface area contributed by atoms with Crippen LogP contribution in [0.15, 0.2) is 58.9 Å². The number of amidine groups is 1. The first-order chi connectivity index (χ1) is 12.7. The number of aliphatic imine (C=N–C) groups is 1. The average Bonchev–Trinajstić information content (AvgIpc) is 3.15. The van der Waals surface area contributed by atoms with Gasteiger partial charge in [-0.15, -0.1) is 11.3 Å². The molecule has 7 heteroatoms. The van der Waals surface area contributed by atoms with Crippen molar-refractivity contribution >= 4 is 17.2 Å². The first kappa shape index (κ1) is 18.0. The van der Waals surface area contributed by atoms with Crippen LogP contribution in [0, 0.1) is 12.7 Å². The summed E-state index contributed by atoms with van der Waals surface area (Å²) in [6, 6.07) is 13.7. The van der Waals surface area contributed by atoms with Crippen LogP contribution >= 0.6 is 11.3 Å². The van der Waals surface area contributed by atoms with Crippen molar-refractivity contribution in [3.05, 3.63) is 81.4 Å². The predicted molar refractivity (Wildman–Crippen MR) is 99.2 cm³/mol. The zero-order valence-electron chi connectivity index (χ0n) is 14.1. The number of pyridine rings is 1. The van der Waals surface area contributed by atoms with Gasteiger partial charge in [-0.05, 0) is 48.2 Å². The summed E-state index contributed by atoms with van der Waals surface area (Å²) >= 11 is 1.59. The maximum absolute atomic E-state index is 13.3. The maximum Gasteiger partial charge on any atom is 0.225 e. The fourth-order valence-electron chi connectivity index (χ4n) is 2.34. The molecule has 0 bridgehead atoms. The maximum atomic E-state index is 13.3. The van der Waals surface area contributed by atoms with Crippen LogP contribution in [-0.4, -0.2) is 16.0 Å². The molecule has 0 saturated carbocycles. The van der Waals surface area contributed by atoms with Gasteiger partial charge in [-0.3, -0.25) is 15.7 Å². The Balaban J connectivity index is 1.83. The van der Waals surface area contributed by atoms with Gasteiger partial charge in [-0.25, -0.2) is 9.37 Å². The minimum atomic E-state index is -0.321. The second kappa shape index (κ2) is 8.55. The molecule has 0 atom stereocenters. The molecular formula is C19H18FN3O2S. The van der Waals surface area contributed by atoms with Gasteiger partial charge in [0.25, 0.3) is 0 Å². The lowest BCUT2D eigenvalue weighted by molar-refractivity contribution is 0.233. The molecule has 2 N–H and O–H groups in total. The third-order valence-electron chi connectivity index (χ3n) is 3.60. The second-order valence-electron chi connectivity index (χ2n) is 5.58. The van der Waals surface area contributed by atoms with E-state index in [0.29, 0.717) is 23.6 Å². The number of hydrogen-bond donors (Lipinski definition) is 2. The summed E-state index contributed by atoms with van der Waals surface area (Å²) in [5, 5.41) is 11.5. The van der Waals surface area contributed by atoms with E-state index in [9.17, 15) is 9.60 Å². The Morgan fingerprint density at radius 2 is 2.15 bits per heavy atom. The number of hydroxylamine groups is 1. The van der Waals surface area contributed by atoms with Gasteiger partial charge >= 0.3 is 0 Å². The molecule has 2 heterocycles. The van der Waals surface area contributed by atoms with Gasteiger partial charge in [0.1, 0.15) is 12.4 Å². The van der Waals surface area contributed by atoms with Crippen molar-refractivity contribution in [3.63, 3.8) is 0 Å². The average molecular weight is 371 g/mol. The number of hydrogen-bond acceptors (Lipinski definition) is 5. The fraction of sp³-hybridized carbons (Fsp3) is 0.158. The molecular weight excluding hydrogens is 353 g/mol. The van der Waals surface area contributed by atoms with Crippen LogP contribution in [0.5, 0.6) is 5.88 Å². The van der Waals surface area contributed by atoms with Gasteiger partial charge in [0.2, 0.25) is 5.88 Å². The number of aromatic nitrogens is 1. The van der Waals surface area contributed by atoms with Crippen molar-refractivity contribution in [1.82, 2.24) is 10.5 Å². The molecule has 3 aromatic rings. The Bertz CT molecular complexity index is 898. The lowest BCUT2D eigenvalue weighted by Crippen LogP contribution is -2.22. The van der Waals surface area contributed by atoms with Gasteiger partial charge in [-0.2, -0.15) is 0 Å². The van der Waals surface area contributed by atoms with Crippen molar-refractivity contribution in [2.75, 3.05) is 0 Å². The van der Waals surface area contributed by atoms with E-state index in [0.717, 1.165) is 10.6 Å². The number of ether oxygens (including phenoxy) is 1. The van der Waals surface area contributed by atoms with E-state index in [1.165, 1.54) is 12.1 Å². The van der Waals surface area contributed by atoms with Crippen molar-refractivity contribution in [2.45, 2.75) is 20.1 Å². The highest BCUT2D eigenvalue weighted by Gasteiger charge is 2.13. The Hall–Kier alpha value is -2.77. The largest absolute Gasteiger partial charge is 0.472 e. The Kier molecular flexibility index (Phi) is 5.93. The van der Waals surface area contributed by atoms with Crippen LogP contribution in [0.2, 0.25) is 0 Å². The van der Waals surface area contributed by atoms with Crippen LogP contribution < -0.4 is 10.2 Å². The third kappa shape index (κ3) is 4.65. The van der Waals surface area contributed by atoms with E-state index in [1.807, 2.05) is 30.5 Å². The van der Waals surface area contributed by atoms with Crippen molar-refractivity contribution < 1.29 is 14.3 Å². The number of thiophene rings is 1. The molecule has 134 valence electrons. The standard InChI is InChI=1S/C19H18FN3O2S/c1-13-7-8-17(18(23-24)21-11-16-6-3-9-26-16)19(22-13)25-12-14-4-2-5-15(20)10-14/h2-10,24H,11-12H2,1H3,(H,21,23). The normalized spacial score (nSPS) is 11.4. The highest BCUT2D eigenvalue weighted by atomic mass is 32.1. The van der Waals surface area contributed by atoms with Crippen LogP contribution in [0.1, 0.15) is 21.7 Å². The summed E-state index contributed by atoms with van der Waals surface area (Å²) in [4.78, 5) is 9.85. The Morgan fingerprint density at radius 3 is 2.88 bits per heavy atom. The zero-order valence-corrected chi connectivity index (χ0v) is 15.0. The smallest absolute Gasteiger partial charge is 0.225 e. The van der Waals surface area contributed by atoms with Crippen molar-refractivity contribution in [1.29, 1.82) is 0 Å². The SMILES string of the molecule is Cc1ccc(C(=NCc2cccs2)NO)c(OCc2cccc(F)c2)n1. The molecule has 0 unspecified atom stereocenters. The summed E-state index contributed by atoms with van der Waals surface area (Å²) in [6.45, 7) is 2.43. The molecule has 3 rings (SSSR count). The minimum absolute atomic E-state index is 0.158. The van der Waals surface area contributed by atoms with Crippen molar-refractivity contribution in [2.24, 2.45) is 4.99 Å². The van der Waals surface area contributed by atoms with Crippen LogP contribution in [0.4, 0.5) is 4.39 Å². The minimum Gasteiger partial charge on any atom is -0.472 e. The second-order valence-corrected chi connectivity index (χ2v) is 6.61. The Morgan fingerprint density at radius 1 is 1.27 bits per heavy atom. The number of aryl methyl sites for hydroxylation is 1. The molecule has 0 fully saturated rings. The fourth-order valence-corrected chi connectivity index (χ4v) is 2.97. The summed E-state index contributed by atoms with van der Waals surface area (Å²) in [7, 11) is 0. The monoisotopic (exact) mass is 371 g/mol. The van der Waals surface area contributed by atoms with E-state index < -0.39 is 0 Å². The molecule has 0 saturated heterocycles. The van der Waals surface area contributed by atoms with Crippen LogP contribution in [0.25, 0.3) is 0 Å². The summed E-state index contributed by atoms with van der Waals surface area (Å²) < 4.78 is 19.1. The van der Waals surface area contributed by atoms with Gasteiger partial charge < -0.3 is 4.74 Å².